The first kappa shape index (κ1) is 20.9. The minimum absolute atomic E-state index is 0.362. The van der Waals surface area contributed by atoms with Crippen molar-refractivity contribution in [2.75, 3.05) is 6.54 Å². The van der Waals surface area contributed by atoms with Crippen LogP contribution in [0.15, 0.2) is 84.9 Å². The molecule has 0 radical (unpaired) electrons. The summed E-state index contributed by atoms with van der Waals surface area (Å²) in [6.45, 7) is 6.38. The Hall–Kier alpha value is -1.78. The molecule has 146 valence electrons. The van der Waals surface area contributed by atoms with Gasteiger partial charge in [0.2, 0.25) is 0 Å². The predicted octanol–water partition coefficient (Wildman–Crippen LogP) is 5.73. The minimum atomic E-state index is -1.20. The zero-order valence-corrected chi connectivity index (χ0v) is 18.1. The molecule has 0 spiro atoms. The Morgan fingerprint density at radius 2 is 1.25 bits per heavy atom. The van der Waals surface area contributed by atoms with Crippen LogP contribution in [-0.4, -0.2) is 15.8 Å². The monoisotopic (exact) mass is 411 g/mol. The molecule has 0 aromatic heterocycles. The summed E-state index contributed by atoms with van der Waals surface area (Å²) in [6.07, 6.45) is 0. The molecular weight excluding hydrogens is 386 g/mol. The summed E-state index contributed by atoms with van der Waals surface area (Å²) >= 11 is 5.51. The van der Waals surface area contributed by atoms with Crippen LogP contribution in [0.3, 0.4) is 0 Å². The lowest BCUT2D eigenvalue weighted by molar-refractivity contribution is 0.524. The van der Waals surface area contributed by atoms with Gasteiger partial charge in [0, 0.05) is 16.4 Å². The molecule has 4 heteroatoms. The molecule has 0 aliphatic rings. The van der Waals surface area contributed by atoms with E-state index in [2.05, 4.69) is 35.1 Å². The molecule has 0 fully saturated rings. The highest BCUT2D eigenvalue weighted by Gasteiger charge is 2.40. The van der Waals surface area contributed by atoms with Gasteiger partial charge in [0.1, 0.15) is 4.75 Å². The normalized spacial score (nSPS) is 13.3. The molecular formula is C24H26ClNOS. The van der Waals surface area contributed by atoms with Crippen LogP contribution in [-0.2, 0) is 16.8 Å². The maximum absolute atomic E-state index is 12.9. The second-order valence-electron chi connectivity index (χ2n) is 7.82. The lowest BCUT2D eigenvalue weighted by Gasteiger charge is -2.37. The number of halogens is 1. The van der Waals surface area contributed by atoms with Crippen LogP contribution < -0.4 is 4.72 Å². The molecule has 2 nitrogen and oxygen atoms in total. The van der Waals surface area contributed by atoms with Gasteiger partial charge in [0.05, 0.1) is 12.0 Å². The summed E-state index contributed by atoms with van der Waals surface area (Å²) in [4.78, 5) is 0. The Morgan fingerprint density at radius 3 is 1.71 bits per heavy atom. The summed E-state index contributed by atoms with van der Waals surface area (Å²) in [5.74, 6) is 0. The molecule has 0 aliphatic heterocycles. The first-order chi connectivity index (χ1) is 13.4. The van der Waals surface area contributed by atoms with E-state index in [4.69, 9.17) is 11.6 Å². The fraction of sp³-hybridized carbons (Fsp3) is 0.250. The Kier molecular flexibility index (Phi) is 6.51. The van der Waals surface area contributed by atoms with Gasteiger partial charge < -0.3 is 4.55 Å². The number of benzene rings is 3. The summed E-state index contributed by atoms with van der Waals surface area (Å²) in [5, 5.41) is 0.693. The zero-order chi connectivity index (χ0) is 20.2. The van der Waals surface area contributed by atoms with E-state index in [1.54, 1.807) is 0 Å². The average molecular weight is 412 g/mol. The van der Waals surface area contributed by atoms with Gasteiger partial charge in [-0.1, -0.05) is 90.5 Å². The van der Waals surface area contributed by atoms with Gasteiger partial charge in [-0.25, -0.2) is 0 Å². The second-order valence-corrected chi connectivity index (χ2v) is 10.3. The van der Waals surface area contributed by atoms with E-state index in [0.29, 0.717) is 11.6 Å². The average Bonchev–Trinajstić information content (AvgIpc) is 2.70. The highest BCUT2D eigenvalue weighted by molar-refractivity contribution is 7.90. The van der Waals surface area contributed by atoms with E-state index >= 15 is 0 Å². The molecule has 1 atom stereocenters. The zero-order valence-electron chi connectivity index (χ0n) is 16.5. The van der Waals surface area contributed by atoms with Gasteiger partial charge in [-0.3, -0.25) is 0 Å². The van der Waals surface area contributed by atoms with Gasteiger partial charge in [-0.05, 0) is 43.5 Å². The fourth-order valence-corrected chi connectivity index (χ4v) is 4.50. The third kappa shape index (κ3) is 4.28. The van der Waals surface area contributed by atoms with E-state index in [9.17, 15) is 4.55 Å². The number of hydrogen-bond donors (Lipinski definition) is 1. The molecule has 0 bridgehead atoms. The molecule has 1 N–H and O–H groups in total. The SMILES string of the molecule is CC(C)(C)[S@@+]([O-])NCC(c1ccccc1)(c1ccccc1)c1ccccc1Cl. The molecule has 0 saturated heterocycles. The Bertz CT molecular complexity index is 854. The predicted molar refractivity (Wildman–Crippen MR) is 120 cm³/mol. The molecule has 3 aromatic carbocycles. The van der Waals surface area contributed by atoms with Gasteiger partial charge in [0.15, 0.2) is 0 Å². The van der Waals surface area contributed by atoms with E-state index in [-0.39, 0.29) is 4.75 Å². The van der Waals surface area contributed by atoms with E-state index in [1.807, 2.05) is 75.4 Å². The van der Waals surface area contributed by atoms with Crippen molar-refractivity contribution in [2.24, 2.45) is 0 Å². The second kappa shape index (κ2) is 8.71. The smallest absolute Gasteiger partial charge is 0.136 e. The first-order valence-electron chi connectivity index (χ1n) is 9.37. The highest BCUT2D eigenvalue weighted by Crippen LogP contribution is 2.42. The minimum Gasteiger partial charge on any atom is -0.598 e. The topological polar surface area (TPSA) is 35.1 Å². The quantitative estimate of drug-likeness (QED) is 0.415. The summed E-state index contributed by atoms with van der Waals surface area (Å²) < 4.78 is 15.8. The Morgan fingerprint density at radius 1 is 0.786 bits per heavy atom. The van der Waals surface area contributed by atoms with Crippen LogP contribution in [0.25, 0.3) is 0 Å². The van der Waals surface area contributed by atoms with Gasteiger partial charge in [-0.2, -0.15) is 0 Å². The number of rotatable bonds is 6. The maximum atomic E-state index is 12.9. The molecule has 0 amide bonds. The van der Waals surface area contributed by atoms with Crippen LogP contribution in [0.2, 0.25) is 5.02 Å². The molecule has 3 aromatic rings. The van der Waals surface area contributed by atoms with Crippen LogP contribution in [0.1, 0.15) is 37.5 Å². The van der Waals surface area contributed by atoms with Crippen molar-refractivity contribution < 1.29 is 4.55 Å². The fourth-order valence-electron chi connectivity index (χ4n) is 3.42. The number of nitrogens with one attached hydrogen (secondary N) is 1. The Balaban J connectivity index is 2.22. The molecule has 0 saturated carbocycles. The van der Waals surface area contributed by atoms with Crippen LogP contribution in [0, 0.1) is 0 Å². The van der Waals surface area contributed by atoms with Gasteiger partial charge in [0.25, 0.3) is 0 Å². The van der Waals surface area contributed by atoms with Crippen LogP contribution in [0.5, 0.6) is 0 Å². The van der Waals surface area contributed by atoms with Crippen LogP contribution in [0.4, 0.5) is 0 Å². The van der Waals surface area contributed by atoms with Crippen molar-refractivity contribution in [1.82, 2.24) is 4.72 Å². The molecule has 28 heavy (non-hydrogen) atoms. The molecule has 0 aliphatic carbocycles. The van der Waals surface area contributed by atoms with Crippen molar-refractivity contribution in [3.05, 3.63) is 107 Å². The van der Waals surface area contributed by atoms with E-state index < -0.39 is 16.8 Å². The maximum Gasteiger partial charge on any atom is 0.136 e. The summed E-state index contributed by atoms with van der Waals surface area (Å²) in [7, 11) is 0. The van der Waals surface area contributed by atoms with Crippen molar-refractivity contribution in [2.45, 2.75) is 30.9 Å². The van der Waals surface area contributed by atoms with Crippen molar-refractivity contribution >= 4 is 23.0 Å². The third-order valence-electron chi connectivity index (χ3n) is 4.89. The molecule has 0 heterocycles. The lowest BCUT2D eigenvalue weighted by atomic mass is 9.69. The highest BCUT2D eigenvalue weighted by atomic mass is 35.5. The summed E-state index contributed by atoms with van der Waals surface area (Å²) in [6, 6.07) is 28.5. The largest absolute Gasteiger partial charge is 0.598 e. The first-order valence-corrected chi connectivity index (χ1v) is 10.9. The number of hydrogen-bond acceptors (Lipinski definition) is 2. The molecule has 0 unspecified atom stereocenters. The van der Waals surface area contributed by atoms with Crippen molar-refractivity contribution in [3.63, 3.8) is 0 Å². The molecule has 3 rings (SSSR count). The lowest BCUT2D eigenvalue weighted by Crippen LogP contribution is -2.47. The summed E-state index contributed by atoms with van der Waals surface area (Å²) in [5.41, 5.74) is 2.63. The third-order valence-corrected chi connectivity index (χ3v) is 6.74. The van der Waals surface area contributed by atoms with Gasteiger partial charge >= 0.3 is 0 Å². The van der Waals surface area contributed by atoms with Crippen molar-refractivity contribution in [3.8, 4) is 0 Å². The van der Waals surface area contributed by atoms with E-state index in [1.165, 1.54) is 0 Å². The van der Waals surface area contributed by atoms with Crippen LogP contribution >= 0.6 is 11.6 Å². The Labute approximate surface area is 176 Å². The standard InChI is InChI=1S/C24H26ClNOS/c1-23(2,3)28(27)26-18-24(19-12-6-4-7-13-19,20-14-8-5-9-15-20)21-16-10-11-17-22(21)25/h4-17,26H,18H2,1-3H3/t28-/m1/s1. The van der Waals surface area contributed by atoms with E-state index in [0.717, 1.165) is 16.7 Å². The van der Waals surface area contributed by atoms with Crippen molar-refractivity contribution in [1.29, 1.82) is 0 Å². The van der Waals surface area contributed by atoms with Gasteiger partial charge in [-0.15, -0.1) is 4.72 Å².